The van der Waals surface area contributed by atoms with Crippen LogP contribution in [0, 0.1) is 5.92 Å². The van der Waals surface area contributed by atoms with Gasteiger partial charge in [-0.1, -0.05) is 0 Å². The number of rotatable bonds is 4. The highest BCUT2D eigenvalue weighted by atomic mass is 16.5. The molecule has 1 N–H and O–H groups in total. The van der Waals surface area contributed by atoms with E-state index in [0.29, 0.717) is 12.0 Å². The number of nitrogens with one attached hydrogen (secondary N) is 1. The van der Waals surface area contributed by atoms with Gasteiger partial charge in [0.25, 0.3) is 0 Å². The minimum absolute atomic E-state index is 0.471. The second kappa shape index (κ2) is 3.91. The zero-order valence-corrected chi connectivity index (χ0v) is 6.59. The minimum Gasteiger partial charge on any atom is -0.383 e. The Balaban J connectivity index is 2.17. The lowest BCUT2D eigenvalue weighted by Gasteiger charge is -2.32. The van der Waals surface area contributed by atoms with Gasteiger partial charge in [-0.15, -0.1) is 0 Å². The Hall–Kier alpha value is -0.120. The zero-order chi connectivity index (χ0) is 7.40. The molecule has 0 aromatic rings. The van der Waals surface area contributed by atoms with Crippen molar-refractivity contribution in [1.82, 2.24) is 5.32 Å². The third-order valence-electron chi connectivity index (χ3n) is 1.95. The van der Waals surface area contributed by atoms with Crippen LogP contribution in [0.1, 0.15) is 0 Å². The van der Waals surface area contributed by atoms with Gasteiger partial charge in [0.05, 0.1) is 19.8 Å². The third-order valence-corrected chi connectivity index (χ3v) is 1.95. The SMILES string of the molecule is CNC(COC)C1COC1. The van der Waals surface area contributed by atoms with E-state index < -0.39 is 0 Å². The van der Waals surface area contributed by atoms with Gasteiger partial charge in [0, 0.05) is 19.1 Å². The maximum Gasteiger partial charge on any atom is 0.0620 e. The lowest BCUT2D eigenvalue weighted by Crippen LogP contribution is -2.47. The van der Waals surface area contributed by atoms with Crippen LogP contribution in [0.15, 0.2) is 0 Å². The number of likely N-dealkylation sites (N-methyl/N-ethyl adjacent to an activating group) is 1. The summed E-state index contributed by atoms with van der Waals surface area (Å²) >= 11 is 0. The predicted molar refractivity (Wildman–Crippen MR) is 39.0 cm³/mol. The van der Waals surface area contributed by atoms with Crippen molar-refractivity contribution in [3.8, 4) is 0 Å². The first-order chi connectivity index (χ1) is 4.88. The molecule has 0 aromatic carbocycles. The van der Waals surface area contributed by atoms with Gasteiger partial charge in [-0.05, 0) is 7.05 Å². The van der Waals surface area contributed by atoms with Crippen LogP contribution in [-0.4, -0.2) is 40.0 Å². The van der Waals surface area contributed by atoms with Crippen LogP contribution in [0.4, 0.5) is 0 Å². The van der Waals surface area contributed by atoms with Crippen LogP contribution < -0.4 is 5.32 Å². The van der Waals surface area contributed by atoms with Crippen LogP contribution in [0.25, 0.3) is 0 Å². The van der Waals surface area contributed by atoms with Gasteiger partial charge in [-0.3, -0.25) is 0 Å². The normalized spacial score (nSPS) is 22.2. The van der Waals surface area contributed by atoms with E-state index in [1.165, 1.54) is 0 Å². The zero-order valence-electron chi connectivity index (χ0n) is 6.59. The summed E-state index contributed by atoms with van der Waals surface area (Å²) < 4.78 is 10.1. The number of methoxy groups -OCH3 is 1. The molecule has 0 bridgehead atoms. The van der Waals surface area contributed by atoms with E-state index in [4.69, 9.17) is 9.47 Å². The van der Waals surface area contributed by atoms with Crippen molar-refractivity contribution in [1.29, 1.82) is 0 Å². The predicted octanol–water partition coefficient (Wildman–Crippen LogP) is -0.133. The Morgan fingerprint density at radius 1 is 1.70 bits per heavy atom. The van der Waals surface area contributed by atoms with E-state index in [-0.39, 0.29) is 0 Å². The quantitative estimate of drug-likeness (QED) is 0.597. The molecule has 3 heteroatoms. The van der Waals surface area contributed by atoms with Crippen molar-refractivity contribution < 1.29 is 9.47 Å². The molecule has 1 heterocycles. The lowest BCUT2D eigenvalue weighted by molar-refractivity contribution is -0.0595. The Labute approximate surface area is 61.7 Å². The first-order valence-electron chi connectivity index (χ1n) is 3.62. The molecule has 1 aliphatic rings. The van der Waals surface area contributed by atoms with Crippen LogP contribution >= 0.6 is 0 Å². The molecule has 0 radical (unpaired) electrons. The monoisotopic (exact) mass is 145 g/mol. The summed E-state index contributed by atoms with van der Waals surface area (Å²) in [5.74, 6) is 0.657. The molecule has 0 aliphatic carbocycles. The Kier molecular flexibility index (Phi) is 3.12. The molecular weight excluding hydrogens is 130 g/mol. The molecule has 1 atom stereocenters. The third kappa shape index (κ3) is 1.68. The highest BCUT2D eigenvalue weighted by Gasteiger charge is 2.26. The molecule has 10 heavy (non-hydrogen) atoms. The maximum atomic E-state index is 5.07. The molecule has 1 saturated heterocycles. The fourth-order valence-electron chi connectivity index (χ4n) is 1.12. The van der Waals surface area contributed by atoms with Gasteiger partial charge >= 0.3 is 0 Å². The Morgan fingerprint density at radius 3 is 2.70 bits per heavy atom. The number of hydrogen-bond donors (Lipinski definition) is 1. The summed E-state index contributed by atoms with van der Waals surface area (Å²) in [6.07, 6.45) is 0. The number of hydrogen-bond acceptors (Lipinski definition) is 3. The van der Waals surface area contributed by atoms with E-state index in [2.05, 4.69) is 5.32 Å². The second-order valence-corrected chi connectivity index (χ2v) is 2.65. The van der Waals surface area contributed by atoms with Crippen LogP contribution in [0.3, 0.4) is 0 Å². The van der Waals surface area contributed by atoms with Gasteiger partial charge in [0.1, 0.15) is 0 Å². The summed E-state index contributed by atoms with van der Waals surface area (Å²) in [5.41, 5.74) is 0. The summed E-state index contributed by atoms with van der Waals surface area (Å²) in [4.78, 5) is 0. The number of ether oxygens (including phenoxy) is 2. The average molecular weight is 145 g/mol. The molecule has 1 unspecified atom stereocenters. The van der Waals surface area contributed by atoms with Gasteiger partial charge in [-0.25, -0.2) is 0 Å². The molecule has 1 rings (SSSR count). The fraction of sp³-hybridized carbons (Fsp3) is 1.00. The maximum absolute atomic E-state index is 5.07. The van der Waals surface area contributed by atoms with Crippen molar-refractivity contribution in [3.05, 3.63) is 0 Å². The van der Waals surface area contributed by atoms with Crippen LogP contribution in [0.5, 0.6) is 0 Å². The van der Waals surface area contributed by atoms with Crippen LogP contribution in [-0.2, 0) is 9.47 Å². The summed E-state index contributed by atoms with van der Waals surface area (Å²) in [5, 5.41) is 3.20. The van der Waals surface area contributed by atoms with Crippen molar-refractivity contribution >= 4 is 0 Å². The van der Waals surface area contributed by atoms with Crippen molar-refractivity contribution in [2.24, 2.45) is 5.92 Å². The van der Waals surface area contributed by atoms with E-state index in [0.717, 1.165) is 19.8 Å². The summed E-state index contributed by atoms with van der Waals surface area (Å²) in [6, 6.07) is 0.471. The second-order valence-electron chi connectivity index (χ2n) is 2.65. The van der Waals surface area contributed by atoms with E-state index in [1.54, 1.807) is 7.11 Å². The van der Waals surface area contributed by atoms with Crippen molar-refractivity contribution in [2.45, 2.75) is 6.04 Å². The topological polar surface area (TPSA) is 30.5 Å². The average Bonchev–Trinajstić information content (AvgIpc) is 1.83. The molecule has 3 nitrogen and oxygen atoms in total. The van der Waals surface area contributed by atoms with Crippen molar-refractivity contribution in [2.75, 3.05) is 34.0 Å². The van der Waals surface area contributed by atoms with Gasteiger partial charge < -0.3 is 14.8 Å². The molecule has 0 aromatic heterocycles. The molecule has 60 valence electrons. The van der Waals surface area contributed by atoms with Crippen molar-refractivity contribution in [3.63, 3.8) is 0 Å². The van der Waals surface area contributed by atoms with Crippen LogP contribution in [0.2, 0.25) is 0 Å². The standard InChI is InChI=1S/C7H15NO2/c1-8-7(5-9-2)6-3-10-4-6/h6-8H,3-5H2,1-2H3. The highest BCUT2D eigenvalue weighted by Crippen LogP contribution is 2.14. The molecule has 0 spiro atoms. The van der Waals surface area contributed by atoms with E-state index >= 15 is 0 Å². The molecule has 1 fully saturated rings. The first kappa shape index (κ1) is 7.98. The molecule has 1 aliphatic heterocycles. The minimum atomic E-state index is 0.471. The summed E-state index contributed by atoms with van der Waals surface area (Å²) in [7, 11) is 3.69. The summed E-state index contributed by atoms with van der Waals surface area (Å²) in [6.45, 7) is 2.55. The fourth-order valence-corrected chi connectivity index (χ4v) is 1.12. The van der Waals surface area contributed by atoms with Gasteiger partial charge in [-0.2, -0.15) is 0 Å². The lowest BCUT2D eigenvalue weighted by atomic mass is 9.99. The molecule has 0 saturated carbocycles. The largest absolute Gasteiger partial charge is 0.383 e. The Bertz CT molecular complexity index is 93.6. The molecular formula is C7H15NO2. The van der Waals surface area contributed by atoms with Gasteiger partial charge in [0.2, 0.25) is 0 Å². The van der Waals surface area contributed by atoms with E-state index in [1.807, 2.05) is 7.05 Å². The Morgan fingerprint density at radius 2 is 2.40 bits per heavy atom. The first-order valence-corrected chi connectivity index (χ1v) is 3.62. The van der Waals surface area contributed by atoms with E-state index in [9.17, 15) is 0 Å². The van der Waals surface area contributed by atoms with Gasteiger partial charge in [0.15, 0.2) is 0 Å². The smallest absolute Gasteiger partial charge is 0.0620 e. The molecule has 0 amide bonds. The highest BCUT2D eigenvalue weighted by molar-refractivity contribution is 4.79.